The highest BCUT2D eigenvalue weighted by molar-refractivity contribution is 4.71. The van der Waals surface area contributed by atoms with E-state index < -0.39 is 0 Å². The number of hydrogen-bond acceptors (Lipinski definition) is 2. The fraction of sp³-hybridized carbons (Fsp3) is 1.00. The minimum absolute atomic E-state index is 0.431. The molecule has 0 fully saturated rings. The molecule has 0 rings (SSSR count). The van der Waals surface area contributed by atoms with Crippen LogP contribution in [0.25, 0.3) is 0 Å². The summed E-state index contributed by atoms with van der Waals surface area (Å²) in [6, 6.07) is 0. The highest BCUT2D eigenvalue weighted by atomic mass is 15.0. The van der Waals surface area contributed by atoms with Gasteiger partial charge in [0.2, 0.25) is 0 Å². The molecule has 0 aromatic rings. The third kappa shape index (κ3) is 11.9. The highest BCUT2D eigenvalue weighted by Gasteiger charge is 2.16. The van der Waals surface area contributed by atoms with Crippen molar-refractivity contribution in [3.05, 3.63) is 0 Å². The fourth-order valence-corrected chi connectivity index (χ4v) is 1.08. The molecule has 2 nitrogen and oxygen atoms in total. The Kier molecular flexibility index (Phi) is 11.1. The summed E-state index contributed by atoms with van der Waals surface area (Å²) in [4.78, 5) is 2.24. The lowest BCUT2D eigenvalue weighted by Gasteiger charge is -2.26. The first-order valence-corrected chi connectivity index (χ1v) is 5.83. The zero-order chi connectivity index (χ0) is 11.6. The van der Waals surface area contributed by atoms with Gasteiger partial charge in [0.1, 0.15) is 0 Å². The minimum Gasteiger partial charge on any atom is -0.316 e. The van der Waals surface area contributed by atoms with Crippen molar-refractivity contribution in [2.75, 3.05) is 33.7 Å². The molecule has 0 aromatic carbocycles. The monoisotopic (exact) mass is 202 g/mol. The van der Waals surface area contributed by atoms with Crippen molar-refractivity contribution in [1.29, 1.82) is 0 Å². The van der Waals surface area contributed by atoms with E-state index in [-0.39, 0.29) is 0 Å². The molecule has 0 aliphatic heterocycles. The van der Waals surface area contributed by atoms with Crippen molar-refractivity contribution in [3.8, 4) is 0 Å². The van der Waals surface area contributed by atoms with Gasteiger partial charge in [-0.1, -0.05) is 34.6 Å². The average Bonchev–Trinajstić information content (AvgIpc) is 2.15. The van der Waals surface area contributed by atoms with E-state index in [0.717, 1.165) is 13.1 Å². The quantitative estimate of drug-likeness (QED) is 0.712. The van der Waals surface area contributed by atoms with Crippen LogP contribution in [0.4, 0.5) is 0 Å². The summed E-state index contributed by atoms with van der Waals surface area (Å²) < 4.78 is 0. The van der Waals surface area contributed by atoms with E-state index in [1.807, 2.05) is 13.8 Å². The Morgan fingerprint density at radius 2 is 1.64 bits per heavy atom. The SMILES string of the molecule is CC.CCNCC(C)(C)CCN(C)C. The lowest BCUT2D eigenvalue weighted by Crippen LogP contribution is -2.32. The predicted octanol–water partition coefficient (Wildman–Crippen LogP) is 2.60. The molecule has 0 atom stereocenters. The molecule has 0 bridgehead atoms. The predicted molar refractivity (Wildman–Crippen MR) is 66.8 cm³/mol. The van der Waals surface area contributed by atoms with Crippen LogP contribution in [-0.2, 0) is 0 Å². The molecule has 0 radical (unpaired) electrons. The van der Waals surface area contributed by atoms with Crippen LogP contribution in [0.15, 0.2) is 0 Å². The van der Waals surface area contributed by atoms with Gasteiger partial charge in [-0.2, -0.15) is 0 Å². The second-order valence-electron chi connectivity index (χ2n) is 4.50. The molecule has 88 valence electrons. The van der Waals surface area contributed by atoms with Gasteiger partial charge in [-0.3, -0.25) is 0 Å². The standard InChI is InChI=1S/C10H24N2.C2H6/c1-6-11-9-10(2,3)7-8-12(4)5;1-2/h11H,6-9H2,1-5H3;1-2H3. The van der Waals surface area contributed by atoms with Gasteiger partial charge >= 0.3 is 0 Å². The Bertz CT molecular complexity index is 109. The van der Waals surface area contributed by atoms with Crippen molar-refractivity contribution in [1.82, 2.24) is 10.2 Å². The van der Waals surface area contributed by atoms with Crippen molar-refractivity contribution >= 4 is 0 Å². The lowest BCUT2D eigenvalue weighted by molar-refractivity contribution is 0.266. The Morgan fingerprint density at radius 3 is 2.00 bits per heavy atom. The molecule has 0 saturated heterocycles. The van der Waals surface area contributed by atoms with E-state index in [1.54, 1.807) is 0 Å². The summed E-state index contributed by atoms with van der Waals surface area (Å²) in [5.74, 6) is 0. The maximum absolute atomic E-state index is 3.39. The molecule has 0 unspecified atom stereocenters. The van der Waals surface area contributed by atoms with Crippen LogP contribution < -0.4 is 5.32 Å². The first-order chi connectivity index (χ1) is 6.48. The second kappa shape index (κ2) is 9.47. The summed E-state index contributed by atoms with van der Waals surface area (Å²) >= 11 is 0. The largest absolute Gasteiger partial charge is 0.316 e. The van der Waals surface area contributed by atoms with E-state index in [9.17, 15) is 0 Å². The zero-order valence-corrected chi connectivity index (χ0v) is 11.3. The van der Waals surface area contributed by atoms with E-state index in [2.05, 4.69) is 45.1 Å². The van der Waals surface area contributed by atoms with Gasteiger partial charge in [-0.25, -0.2) is 0 Å². The third-order valence-corrected chi connectivity index (χ3v) is 2.09. The molecular weight excluding hydrogens is 172 g/mol. The van der Waals surface area contributed by atoms with Crippen LogP contribution in [0.2, 0.25) is 0 Å². The third-order valence-electron chi connectivity index (χ3n) is 2.09. The van der Waals surface area contributed by atoms with Gasteiger partial charge in [-0.15, -0.1) is 0 Å². The van der Waals surface area contributed by atoms with Crippen LogP contribution in [-0.4, -0.2) is 38.6 Å². The molecule has 14 heavy (non-hydrogen) atoms. The van der Waals surface area contributed by atoms with Crippen LogP contribution in [0.5, 0.6) is 0 Å². The molecule has 0 spiro atoms. The minimum atomic E-state index is 0.431. The summed E-state index contributed by atoms with van der Waals surface area (Å²) in [6.07, 6.45) is 1.26. The molecule has 1 N–H and O–H groups in total. The Morgan fingerprint density at radius 1 is 1.14 bits per heavy atom. The fourth-order valence-electron chi connectivity index (χ4n) is 1.08. The van der Waals surface area contributed by atoms with Crippen LogP contribution in [0.3, 0.4) is 0 Å². The molecule has 0 aliphatic rings. The maximum Gasteiger partial charge on any atom is 0.000288 e. The smallest absolute Gasteiger partial charge is 0.000288 e. The number of hydrogen-bond donors (Lipinski definition) is 1. The van der Waals surface area contributed by atoms with E-state index in [4.69, 9.17) is 0 Å². The van der Waals surface area contributed by atoms with Gasteiger partial charge in [-0.05, 0) is 39.0 Å². The topological polar surface area (TPSA) is 15.3 Å². The van der Waals surface area contributed by atoms with Crippen LogP contribution in [0, 0.1) is 5.41 Å². The number of nitrogens with zero attached hydrogens (tertiary/aromatic N) is 1. The summed E-state index contributed by atoms with van der Waals surface area (Å²) in [7, 11) is 4.26. The van der Waals surface area contributed by atoms with Crippen molar-refractivity contribution in [2.45, 2.75) is 41.0 Å². The number of rotatable bonds is 6. The number of nitrogens with one attached hydrogen (secondary N) is 1. The first-order valence-electron chi connectivity index (χ1n) is 5.83. The van der Waals surface area contributed by atoms with Gasteiger partial charge in [0, 0.05) is 6.54 Å². The Labute approximate surface area is 91.1 Å². The Balaban J connectivity index is 0. The van der Waals surface area contributed by atoms with E-state index >= 15 is 0 Å². The molecule has 0 heterocycles. The molecule has 0 aliphatic carbocycles. The zero-order valence-electron chi connectivity index (χ0n) is 11.3. The normalized spacial score (nSPS) is 11.1. The summed E-state index contributed by atoms with van der Waals surface area (Å²) in [6.45, 7) is 14.2. The van der Waals surface area contributed by atoms with E-state index in [1.165, 1.54) is 13.0 Å². The molecule has 0 aromatic heterocycles. The maximum atomic E-state index is 3.39. The van der Waals surface area contributed by atoms with Crippen molar-refractivity contribution < 1.29 is 0 Å². The van der Waals surface area contributed by atoms with Gasteiger partial charge in [0.05, 0.1) is 0 Å². The molecular formula is C12H30N2. The average molecular weight is 202 g/mol. The van der Waals surface area contributed by atoms with Gasteiger partial charge in [0.15, 0.2) is 0 Å². The summed E-state index contributed by atoms with van der Waals surface area (Å²) in [5.41, 5.74) is 0.431. The van der Waals surface area contributed by atoms with Gasteiger partial charge < -0.3 is 10.2 Å². The summed E-state index contributed by atoms with van der Waals surface area (Å²) in [5, 5.41) is 3.39. The highest BCUT2D eigenvalue weighted by Crippen LogP contribution is 2.18. The van der Waals surface area contributed by atoms with Gasteiger partial charge in [0.25, 0.3) is 0 Å². The molecule has 0 saturated carbocycles. The Hall–Kier alpha value is -0.0800. The van der Waals surface area contributed by atoms with Crippen LogP contribution in [0.1, 0.15) is 41.0 Å². The molecule has 0 amide bonds. The first kappa shape index (κ1) is 16.4. The molecule has 2 heteroatoms. The van der Waals surface area contributed by atoms with Crippen LogP contribution >= 0.6 is 0 Å². The van der Waals surface area contributed by atoms with Crippen molar-refractivity contribution in [3.63, 3.8) is 0 Å². The second-order valence-corrected chi connectivity index (χ2v) is 4.50. The lowest BCUT2D eigenvalue weighted by atomic mass is 9.89. The van der Waals surface area contributed by atoms with E-state index in [0.29, 0.717) is 5.41 Å². The van der Waals surface area contributed by atoms with Crippen molar-refractivity contribution in [2.24, 2.45) is 5.41 Å².